The zero-order valence-corrected chi connectivity index (χ0v) is 15.7. The van der Waals surface area contributed by atoms with E-state index in [1.165, 1.54) is 28.7 Å². The third-order valence-corrected chi connectivity index (χ3v) is 5.53. The number of benzene rings is 1. The fraction of sp³-hybridized carbons (Fsp3) is 0.429. The van der Waals surface area contributed by atoms with Crippen LogP contribution in [0.3, 0.4) is 0 Å². The number of H-pyrrole nitrogens is 1. The summed E-state index contributed by atoms with van der Waals surface area (Å²) < 4.78 is 5.41. The number of nitrogens with one attached hydrogen (secondary N) is 1. The Bertz CT molecular complexity index is 858. The molecule has 1 aliphatic heterocycles. The number of nitrogens with zero attached hydrogens (tertiary/aromatic N) is 3. The number of rotatable bonds is 5. The molecule has 1 N–H and O–H groups in total. The van der Waals surface area contributed by atoms with Crippen molar-refractivity contribution in [3.8, 4) is 11.3 Å². The molecule has 5 heteroatoms. The molecule has 0 aliphatic carbocycles. The molecule has 0 spiro atoms. The van der Waals surface area contributed by atoms with E-state index in [-0.39, 0.29) is 0 Å². The lowest BCUT2D eigenvalue weighted by Gasteiger charge is -2.24. The zero-order chi connectivity index (χ0) is 18.1. The quantitative estimate of drug-likeness (QED) is 0.732. The molecule has 0 bridgehead atoms. The average molecular weight is 350 g/mol. The molecule has 1 fully saturated rings. The molecule has 0 saturated carbocycles. The van der Waals surface area contributed by atoms with Gasteiger partial charge in [0.1, 0.15) is 5.76 Å². The lowest BCUT2D eigenvalue weighted by Crippen LogP contribution is -2.23. The van der Waals surface area contributed by atoms with Gasteiger partial charge < -0.3 is 4.52 Å². The molecule has 4 rings (SSSR count). The molecule has 3 heterocycles. The smallest absolute Gasteiger partial charge is 0.138 e. The minimum Gasteiger partial charge on any atom is -0.361 e. The summed E-state index contributed by atoms with van der Waals surface area (Å²) >= 11 is 0. The molecule has 0 amide bonds. The first kappa shape index (κ1) is 17.0. The lowest BCUT2D eigenvalue weighted by atomic mass is 10.0. The molecule has 0 unspecified atom stereocenters. The van der Waals surface area contributed by atoms with Crippen LogP contribution in [-0.4, -0.2) is 26.8 Å². The van der Waals surface area contributed by atoms with Crippen LogP contribution in [0.1, 0.15) is 54.0 Å². The molecule has 26 heavy (non-hydrogen) atoms. The van der Waals surface area contributed by atoms with Crippen molar-refractivity contribution in [3.63, 3.8) is 0 Å². The SMILES string of the molecule is CCc1ccc(-c2[nH]ncc2CN2CCC[C@@H]2c2c(C)noc2C)cc1. The third-order valence-electron chi connectivity index (χ3n) is 5.53. The van der Waals surface area contributed by atoms with Gasteiger partial charge in [-0.2, -0.15) is 5.10 Å². The highest BCUT2D eigenvalue weighted by molar-refractivity contribution is 5.62. The molecule has 1 saturated heterocycles. The van der Waals surface area contributed by atoms with Crippen LogP contribution < -0.4 is 0 Å². The topological polar surface area (TPSA) is 58.0 Å². The van der Waals surface area contributed by atoms with Gasteiger partial charge in [0.25, 0.3) is 0 Å². The van der Waals surface area contributed by atoms with Gasteiger partial charge in [-0.25, -0.2) is 0 Å². The van der Waals surface area contributed by atoms with Gasteiger partial charge in [0.15, 0.2) is 0 Å². The van der Waals surface area contributed by atoms with E-state index in [0.717, 1.165) is 43.1 Å². The molecule has 1 atom stereocenters. The first-order valence-electron chi connectivity index (χ1n) is 9.45. The Hall–Kier alpha value is -2.40. The molecular weight excluding hydrogens is 324 g/mol. The monoisotopic (exact) mass is 350 g/mol. The van der Waals surface area contributed by atoms with E-state index in [1.807, 2.05) is 20.0 Å². The second kappa shape index (κ2) is 7.08. The van der Waals surface area contributed by atoms with Crippen molar-refractivity contribution < 1.29 is 4.52 Å². The van der Waals surface area contributed by atoms with Crippen molar-refractivity contribution in [1.82, 2.24) is 20.3 Å². The van der Waals surface area contributed by atoms with E-state index >= 15 is 0 Å². The zero-order valence-electron chi connectivity index (χ0n) is 15.7. The van der Waals surface area contributed by atoms with Crippen molar-refractivity contribution >= 4 is 0 Å². The van der Waals surface area contributed by atoms with Gasteiger partial charge in [-0.1, -0.05) is 36.3 Å². The van der Waals surface area contributed by atoms with Crippen LogP contribution >= 0.6 is 0 Å². The van der Waals surface area contributed by atoms with Gasteiger partial charge in [0.05, 0.1) is 17.6 Å². The molecular formula is C21H26N4O. The van der Waals surface area contributed by atoms with Crippen molar-refractivity contribution in [2.45, 2.75) is 52.6 Å². The van der Waals surface area contributed by atoms with E-state index in [1.54, 1.807) is 0 Å². The van der Waals surface area contributed by atoms with Crippen LogP contribution in [0.4, 0.5) is 0 Å². The Balaban J connectivity index is 1.59. The Morgan fingerprint density at radius 2 is 2.04 bits per heavy atom. The van der Waals surface area contributed by atoms with Crippen molar-refractivity contribution in [2.24, 2.45) is 0 Å². The number of hydrogen-bond acceptors (Lipinski definition) is 4. The van der Waals surface area contributed by atoms with Crippen LogP contribution in [0.25, 0.3) is 11.3 Å². The van der Waals surface area contributed by atoms with Crippen LogP contribution in [0.2, 0.25) is 0 Å². The normalized spacial score (nSPS) is 17.9. The lowest BCUT2D eigenvalue weighted by molar-refractivity contribution is 0.246. The van der Waals surface area contributed by atoms with Gasteiger partial charge >= 0.3 is 0 Å². The van der Waals surface area contributed by atoms with Gasteiger partial charge in [-0.05, 0) is 50.8 Å². The molecule has 3 aromatic rings. The highest BCUT2D eigenvalue weighted by atomic mass is 16.5. The highest BCUT2D eigenvalue weighted by Crippen LogP contribution is 2.37. The second-order valence-corrected chi connectivity index (χ2v) is 7.19. The van der Waals surface area contributed by atoms with Crippen molar-refractivity contribution in [3.05, 3.63) is 58.6 Å². The summed E-state index contributed by atoms with van der Waals surface area (Å²) in [6, 6.07) is 9.15. The molecule has 1 aliphatic rings. The van der Waals surface area contributed by atoms with Gasteiger partial charge in [0.2, 0.25) is 0 Å². The van der Waals surface area contributed by atoms with E-state index < -0.39 is 0 Å². The minimum absolute atomic E-state index is 0.381. The van der Waals surface area contributed by atoms with Crippen LogP contribution in [-0.2, 0) is 13.0 Å². The third kappa shape index (κ3) is 3.07. The summed E-state index contributed by atoms with van der Waals surface area (Å²) in [7, 11) is 0. The average Bonchev–Trinajstić information content (AvgIpc) is 3.37. The van der Waals surface area contributed by atoms with Gasteiger partial charge in [0, 0.05) is 23.7 Å². The maximum Gasteiger partial charge on any atom is 0.138 e. The molecule has 0 radical (unpaired) electrons. The largest absolute Gasteiger partial charge is 0.361 e. The predicted octanol–water partition coefficient (Wildman–Crippen LogP) is 4.58. The summed E-state index contributed by atoms with van der Waals surface area (Å²) in [6.45, 7) is 8.22. The Labute approximate surface area is 154 Å². The molecule has 1 aromatic carbocycles. The van der Waals surface area contributed by atoms with E-state index in [2.05, 4.69) is 51.4 Å². The Morgan fingerprint density at radius 1 is 1.23 bits per heavy atom. The standard InChI is InChI=1S/C21H26N4O/c1-4-16-7-9-17(10-8-16)21-18(12-22-23-21)13-25-11-5-6-19(25)20-14(2)24-26-15(20)3/h7-10,12,19H,4-6,11,13H2,1-3H3,(H,22,23)/t19-/m1/s1. The fourth-order valence-corrected chi connectivity index (χ4v) is 4.11. The first-order chi connectivity index (χ1) is 12.7. The Morgan fingerprint density at radius 3 is 2.73 bits per heavy atom. The predicted molar refractivity (Wildman–Crippen MR) is 102 cm³/mol. The fourth-order valence-electron chi connectivity index (χ4n) is 4.11. The summed E-state index contributed by atoms with van der Waals surface area (Å²) in [5, 5.41) is 11.7. The summed E-state index contributed by atoms with van der Waals surface area (Å²) in [5.41, 5.74) is 7.20. The second-order valence-electron chi connectivity index (χ2n) is 7.19. The maximum absolute atomic E-state index is 5.41. The van der Waals surface area contributed by atoms with Crippen LogP contribution in [0.15, 0.2) is 35.0 Å². The van der Waals surface area contributed by atoms with Gasteiger partial charge in [-0.15, -0.1) is 0 Å². The van der Waals surface area contributed by atoms with Crippen molar-refractivity contribution in [1.29, 1.82) is 0 Å². The molecule has 5 nitrogen and oxygen atoms in total. The molecule has 2 aromatic heterocycles. The highest BCUT2D eigenvalue weighted by Gasteiger charge is 2.31. The van der Waals surface area contributed by atoms with Crippen molar-refractivity contribution in [2.75, 3.05) is 6.54 Å². The summed E-state index contributed by atoms with van der Waals surface area (Å²) in [4.78, 5) is 2.53. The summed E-state index contributed by atoms with van der Waals surface area (Å²) in [5.74, 6) is 0.946. The minimum atomic E-state index is 0.381. The van der Waals surface area contributed by atoms with Gasteiger partial charge in [-0.3, -0.25) is 10.00 Å². The maximum atomic E-state index is 5.41. The number of aromatic amines is 1. The number of hydrogen-bond donors (Lipinski definition) is 1. The first-order valence-corrected chi connectivity index (χ1v) is 9.45. The van der Waals surface area contributed by atoms with E-state index in [0.29, 0.717) is 6.04 Å². The number of aryl methyl sites for hydroxylation is 3. The number of likely N-dealkylation sites (tertiary alicyclic amines) is 1. The number of aromatic nitrogens is 3. The summed E-state index contributed by atoms with van der Waals surface area (Å²) in [6.07, 6.45) is 5.38. The van der Waals surface area contributed by atoms with E-state index in [9.17, 15) is 0 Å². The van der Waals surface area contributed by atoms with Crippen LogP contribution in [0.5, 0.6) is 0 Å². The Kier molecular flexibility index (Phi) is 4.64. The van der Waals surface area contributed by atoms with E-state index in [4.69, 9.17) is 4.52 Å². The molecule has 136 valence electrons. The van der Waals surface area contributed by atoms with Crippen LogP contribution in [0, 0.1) is 13.8 Å².